The van der Waals surface area contributed by atoms with Gasteiger partial charge >= 0.3 is 0 Å². The SMILES string of the molecule is CCc1c(Cl)ncnc1Nc1ccc(C#N)cc1. The molecule has 18 heavy (non-hydrogen) atoms. The summed E-state index contributed by atoms with van der Waals surface area (Å²) in [5.74, 6) is 0.696. The van der Waals surface area contributed by atoms with E-state index in [9.17, 15) is 0 Å². The predicted molar refractivity (Wildman–Crippen MR) is 70.9 cm³/mol. The van der Waals surface area contributed by atoms with Crippen LogP contribution in [0.2, 0.25) is 5.15 Å². The van der Waals surface area contributed by atoms with E-state index in [1.54, 1.807) is 12.1 Å². The summed E-state index contributed by atoms with van der Waals surface area (Å²) in [6.45, 7) is 1.99. The Labute approximate surface area is 110 Å². The lowest BCUT2D eigenvalue weighted by atomic mass is 10.2. The van der Waals surface area contributed by atoms with Crippen molar-refractivity contribution in [1.82, 2.24) is 9.97 Å². The Bertz CT molecular complexity index is 587. The lowest BCUT2D eigenvalue weighted by molar-refractivity contribution is 1.05. The summed E-state index contributed by atoms with van der Waals surface area (Å²) in [6, 6.07) is 9.22. The van der Waals surface area contributed by atoms with Crippen LogP contribution < -0.4 is 5.32 Å². The molecule has 1 aromatic heterocycles. The minimum absolute atomic E-state index is 0.462. The first-order valence-corrected chi connectivity index (χ1v) is 5.89. The highest BCUT2D eigenvalue weighted by atomic mass is 35.5. The fraction of sp³-hybridized carbons (Fsp3) is 0.154. The van der Waals surface area contributed by atoms with Gasteiger partial charge in [0.25, 0.3) is 0 Å². The Morgan fingerprint density at radius 2 is 2.00 bits per heavy atom. The number of aromatic nitrogens is 2. The van der Waals surface area contributed by atoms with Crippen molar-refractivity contribution < 1.29 is 0 Å². The average molecular weight is 259 g/mol. The molecule has 0 radical (unpaired) electrons. The number of anilines is 2. The zero-order chi connectivity index (χ0) is 13.0. The second-order valence-electron chi connectivity index (χ2n) is 3.66. The van der Waals surface area contributed by atoms with Gasteiger partial charge in [-0.3, -0.25) is 0 Å². The van der Waals surface area contributed by atoms with Crippen LogP contribution in [0.1, 0.15) is 18.1 Å². The first-order valence-electron chi connectivity index (χ1n) is 5.51. The molecule has 0 fully saturated rings. The van der Waals surface area contributed by atoms with E-state index in [0.29, 0.717) is 16.5 Å². The van der Waals surface area contributed by atoms with E-state index < -0.39 is 0 Å². The molecule has 0 saturated heterocycles. The van der Waals surface area contributed by atoms with Gasteiger partial charge in [0, 0.05) is 11.3 Å². The van der Waals surface area contributed by atoms with Gasteiger partial charge in [0.2, 0.25) is 0 Å². The fourth-order valence-electron chi connectivity index (χ4n) is 1.58. The van der Waals surface area contributed by atoms with Crippen LogP contribution in [0, 0.1) is 11.3 Å². The fourth-order valence-corrected chi connectivity index (χ4v) is 1.84. The lowest BCUT2D eigenvalue weighted by Gasteiger charge is -2.10. The smallest absolute Gasteiger partial charge is 0.138 e. The minimum atomic E-state index is 0.462. The van der Waals surface area contributed by atoms with Crippen LogP contribution in [0.4, 0.5) is 11.5 Å². The average Bonchev–Trinajstić information content (AvgIpc) is 2.40. The third-order valence-corrected chi connectivity index (χ3v) is 2.85. The van der Waals surface area contributed by atoms with Gasteiger partial charge in [0.1, 0.15) is 17.3 Å². The van der Waals surface area contributed by atoms with Crippen LogP contribution in [0.25, 0.3) is 0 Å². The molecule has 1 aromatic carbocycles. The van der Waals surface area contributed by atoms with Gasteiger partial charge in [-0.1, -0.05) is 18.5 Å². The minimum Gasteiger partial charge on any atom is -0.340 e. The van der Waals surface area contributed by atoms with E-state index in [1.807, 2.05) is 19.1 Å². The zero-order valence-corrected chi connectivity index (χ0v) is 10.6. The van der Waals surface area contributed by atoms with Crippen LogP contribution in [-0.4, -0.2) is 9.97 Å². The van der Waals surface area contributed by atoms with Crippen LogP contribution >= 0.6 is 11.6 Å². The molecular formula is C13H11ClN4. The molecule has 0 spiro atoms. The van der Waals surface area contributed by atoms with Gasteiger partial charge < -0.3 is 5.32 Å². The van der Waals surface area contributed by atoms with Gasteiger partial charge in [0.05, 0.1) is 11.6 Å². The summed E-state index contributed by atoms with van der Waals surface area (Å²) in [5, 5.41) is 12.4. The summed E-state index contributed by atoms with van der Waals surface area (Å²) in [7, 11) is 0. The molecule has 4 nitrogen and oxygen atoms in total. The number of halogens is 1. The van der Waals surface area contributed by atoms with Crippen LogP contribution in [-0.2, 0) is 6.42 Å². The maximum atomic E-state index is 8.73. The van der Waals surface area contributed by atoms with Crippen LogP contribution in [0.3, 0.4) is 0 Å². The first kappa shape index (κ1) is 12.3. The standard InChI is InChI=1S/C13H11ClN4/c1-2-11-12(14)16-8-17-13(11)18-10-5-3-9(7-15)4-6-10/h3-6,8H,2H2,1H3,(H,16,17,18). The van der Waals surface area contributed by atoms with E-state index in [-0.39, 0.29) is 0 Å². The maximum Gasteiger partial charge on any atom is 0.138 e. The van der Waals surface area contributed by atoms with Gasteiger partial charge in [-0.05, 0) is 30.7 Å². The monoisotopic (exact) mass is 258 g/mol. The Hall–Kier alpha value is -2.12. The molecule has 5 heteroatoms. The second-order valence-corrected chi connectivity index (χ2v) is 4.02. The molecule has 2 aromatic rings. The van der Waals surface area contributed by atoms with Crippen molar-refractivity contribution in [3.05, 3.63) is 46.9 Å². The van der Waals surface area contributed by atoms with Crippen LogP contribution in [0.5, 0.6) is 0 Å². The first-order chi connectivity index (χ1) is 8.74. The van der Waals surface area contributed by atoms with Crippen LogP contribution in [0.15, 0.2) is 30.6 Å². The summed E-state index contributed by atoms with van der Waals surface area (Å²) in [6.07, 6.45) is 2.17. The number of rotatable bonds is 3. The van der Waals surface area contributed by atoms with Crippen molar-refractivity contribution in [2.75, 3.05) is 5.32 Å². The molecule has 0 saturated carbocycles. The van der Waals surface area contributed by atoms with Gasteiger partial charge in [0.15, 0.2) is 0 Å². The largest absolute Gasteiger partial charge is 0.340 e. The van der Waals surface area contributed by atoms with Crippen molar-refractivity contribution in [2.24, 2.45) is 0 Å². The highest BCUT2D eigenvalue weighted by Gasteiger charge is 2.07. The molecule has 2 rings (SSSR count). The zero-order valence-electron chi connectivity index (χ0n) is 9.81. The van der Waals surface area contributed by atoms with Crippen molar-refractivity contribution >= 4 is 23.1 Å². The lowest BCUT2D eigenvalue weighted by Crippen LogP contribution is -2.00. The maximum absolute atomic E-state index is 8.73. The third kappa shape index (κ3) is 2.58. The van der Waals surface area contributed by atoms with E-state index >= 15 is 0 Å². The topological polar surface area (TPSA) is 61.6 Å². The Balaban J connectivity index is 2.28. The summed E-state index contributed by atoms with van der Waals surface area (Å²) in [4.78, 5) is 8.13. The van der Waals surface area contributed by atoms with Crippen molar-refractivity contribution in [1.29, 1.82) is 5.26 Å². The van der Waals surface area contributed by atoms with Crippen molar-refractivity contribution in [2.45, 2.75) is 13.3 Å². The number of hydrogen-bond donors (Lipinski definition) is 1. The molecule has 0 atom stereocenters. The number of nitrogens with zero attached hydrogens (tertiary/aromatic N) is 3. The molecule has 0 amide bonds. The van der Waals surface area contributed by atoms with E-state index in [4.69, 9.17) is 16.9 Å². The number of hydrogen-bond acceptors (Lipinski definition) is 4. The van der Waals surface area contributed by atoms with Crippen molar-refractivity contribution in [3.63, 3.8) is 0 Å². The molecule has 1 heterocycles. The Kier molecular flexibility index (Phi) is 3.75. The molecule has 90 valence electrons. The highest BCUT2D eigenvalue weighted by Crippen LogP contribution is 2.23. The van der Waals surface area contributed by atoms with E-state index in [1.165, 1.54) is 6.33 Å². The third-order valence-electron chi connectivity index (χ3n) is 2.52. The van der Waals surface area contributed by atoms with Gasteiger partial charge in [-0.25, -0.2) is 9.97 Å². The van der Waals surface area contributed by atoms with E-state index in [0.717, 1.165) is 17.7 Å². The Morgan fingerprint density at radius 3 is 2.61 bits per heavy atom. The van der Waals surface area contributed by atoms with E-state index in [2.05, 4.69) is 21.4 Å². The molecule has 0 unspecified atom stereocenters. The quantitative estimate of drug-likeness (QED) is 0.858. The molecule has 0 aliphatic rings. The number of nitriles is 1. The predicted octanol–water partition coefficient (Wildman–Crippen LogP) is 3.31. The number of nitrogens with one attached hydrogen (secondary N) is 1. The number of benzene rings is 1. The van der Waals surface area contributed by atoms with Gasteiger partial charge in [-0.2, -0.15) is 5.26 Å². The Morgan fingerprint density at radius 1 is 1.28 bits per heavy atom. The second kappa shape index (κ2) is 5.48. The normalized spacial score (nSPS) is 9.83. The summed E-state index contributed by atoms with van der Waals surface area (Å²) in [5.41, 5.74) is 2.36. The highest BCUT2D eigenvalue weighted by molar-refractivity contribution is 6.30. The molecule has 0 aliphatic heterocycles. The van der Waals surface area contributed by atoms with Gasteiger partial charge in [-0.15, -0.1) is 0 Å². The summed E-state index contributed by atoms with van der Waals surface area (Å²) < 4.78 is 0. The molecule has 1 N–H and O–H groups in total. The molecule has 0 bridgehead atoms. The summed E-state index contributed by atoms with van der Waals surface area (Å²) >= 11 is 6.01. The van der Waals surface area contributed by atoms with Crippen molar-refractivity contribution in [3.8, 4) is 6.07 Å². The molecule has 0 aliphatic carbocycles. The molecular weight excluding hydrogens is 248 g/mol.